The van der Waals surface area contributed by atoms with Gasteiger partial charge in [0.1, 0.15) is 24.7 Å². The number of fused-ring (bicyclic) bond motifs is 2. The van der Waals surface area contributed by atoms with E-state index >= 15 is 0 Å². The van der Waals surface area contributed by atoms with Gasteiger partial charge in [-0.05, 0) is 76.4 Å². The van der Waals surface area contributed by atoms with Gasteiger partial charge < -0.3 is 34.0 Å². The highest BCUT2D eigenvalue weighted by Crippen LogP contribution is 2.30. The maximum atomic E-state index is 12.5. The number of hydrogen-bond acceptors (Lipinski definition) is 7. The van der Waals surface area contributed by atoms with Gasteiger partial charge in [-0.3, -0.25) is 0 Å². The number of nitrogens with zero attached hydrogens (tertiary/aromatic N) is 2. The molecule has 0 fully saturated rings. The molecule has 37 heavy (non-hydrogen) atoms. The number of rotatable bonds is 12. The van der Waals surface area contributed by atoms with E-state index in [0.717, 1.165) is 58.9 Å². The Labute approximate surface area is 216 Å². The van der Waals surface area contributed by atoms with Crippen LogP contribution in [0.15, 0.2) is 48.8 Å². The molecule has 0 atom stereocenters. The lowest BCUT2D eigenvalue weighted by Gasteiger charge is -2.11. The molecule has 0 bridgehead atoms. The molecule has 2 aromatic heterocycles. The van der Waals surface area contributed by atoms with Crippen LogP contribution < -0.4 is 9.47 Å². The summed E-state index contributed by atoms with van der Waals surface area (Å²) in [4.78, 5) is 35.6. The van der Waals surface area contributed by atoms with Crippen molar-refractivity contribution in [2.24, 2.45) is 0 Å². The molecule has 0 aliphatic heterocycles. The van der Waals surface area contributed by atoms with Gasteiger partial charge in [0.2, 0.25) is 0 Å². The van der Waals surface area contributed by atoms with Crippen LogP contribution >= 0.6 is 0 Å². The predicted octanol–water partition coefficient (Wildman–Crippen LogP) is 3.39. The normalized spacial score (nSPS) is 11.6. The molecule has 196 valence electrons. The van der Waals surface area contributed by atoms with E-state index in [9.17, 15) is 9.59 Å². The summed E-state index contributed by atoms with van der Waals surface area (Å²) < 4.78 is 16.5. The number of aromatic amines is 2. The van der Waals surface area contributed by atoms with Crippen LogP contribution in [0.25, 0.3) is 21.8 Å². The van der Waals surface area contributed by atoms with Crippen LogP contribution in [0.3, 0.4) is 0 Å². The van der Waals surface area contributed by atoms with Crippen LogP contribution in [-0.4, -0.2) is 86.2 Å². The second kappa shape index (κ2) is 12.1. The van der Waals surface area contributed by atoms with Crippen molar-refractivity contribution < 1.29 is 23.8 Å². The standard InChI is InChI=1S/C28H34N4O5/c1-31(2)13-11-19-15-29-21-7-5-9-23(27(19)21)36-25(33)17-35-18-26(34)37-24-10-6-8-22-28(24)20(16-30-22)12-14-32(3)4/h5-10,15-16,29-30H,11-14,17-18H2,1-4H3. The minimum Gasteiger partial charge on any atom is -0.424 e. The minimum atomic E-state index is -0.584. The molecule has 2 heterocycles. The molecular weight excluding hydrogens is 472 g/mol. The van der Waals surface area contributed by atoms with Crippen molar-refractivity contribution in [1.82, 2.24) is 19.8 Å². The molecule has 2 aromatic carbocycles. The van der Waals surface area contributed by atoms with Crippen molar-refractivity contribution in [3.8, 4) is 11.5 Å². The Hall–Kier alpha value is -3.66. The number of H-pyrrole nitrogens is 2. The highest BCUT2D eigenvalue weighted by atomic mass is 16.6. The summed E-state index contributed by atoms with van der Waals surface area (Å²) in [7, 11) is 8.06. The summed E-state index contributed by atoms with van der Waals surface area (Å²) >= 11 is 0. The third kappa shape index (κ3) is 6.76. The summed E-state index contributed by atoms with van der Waals surface area (Å²) in [6.07, 6.45) is 5.51. The van der Waals surface area contributed by atoms with Gasteiger partial charge in [0.05, 0.1) is 0 Å². The molecular formula is C28H34N4O5. The third-order valence-corrected chi connectivity index (χ3v) is 6.04. The minimum absolute atomic E-state index is 0.370. The van der Waals surface area contributed by atoms with E-state index in [4.69, 9.17) is 14.2 Å². The van der Waals surface area contributed by atoms with Crippen LogP contribution in [0.5, 0.6) is 11.5 Å². The Bertz CT molecular complexity index is 1270. The molecule has 0 radical (unpaired) electrons. The monoisotopic (exact) mass is 506 g/mol. The largest absolute Gasteiger partial charge is 0.424 e. The van der Waals surface area contributed by atoms with Gasteiger partial charge in [-0.15, -0.1) is 0 Å². The second-order valence-electron chi connectivity index (χ2n) is 9.53. The van der Waals surface area contributed by atoms with Crippen LogP contribution in [0, 0.1) is 0 Å². The zero-order valence-electron chi connectivity index (χ0n) is 21.8. The first-order valence-corrected chi connectivity index (χ1v) is 12.3. The number of benzene rings is 2. The van der Waals surface area contributed by atoms with Gasteiger partial charge >= 0.3 is 11.9 Å². The highest BCUT2D eigenvalue weighted by Gasteiger charge is 2.16. The average Bonchev–Trinajstić information content (AvgIpc) is 3.46. The Balaban J connectivity index is 1.33. The molecule has 2 N–H and O–H groups in total. The second-order valence-corrected chi connectivity index (χ2v) is 9.53. The van der Waals surface area contributed by atoms with E-state index in [1.165, 1.54) is 0 Å². The lowest BCUT2D eigenvalue weighted by atomic mass is 10.1. The highest BCUT2D eigenvalue weighted by molar-refractivity contribution is 5.92. The van der Waals surface area contributed by atoms with Gasteiger partial charge in [0, 0.05) is 47.3 Å². The van der Waals surface area contributed by atoms with Gasteiger partial charge in [-0.2, -0.15) is 0 Å². The third-order valence-electron chi connectivity index (χ3n) is 6.04. The Morgan fingerprint density at radius 1 is 0.703 bits per heavy atom. The lowest BCUT2D eigenvalue weighted by Crippen LogP contribution is -2.21. The Morgan fingerprint density at radius 2 is 1.14 bits per heavy atom. The van der Waals surface area contributed by atoms with Gasteiger partial charge in [0.15, 0.2) is 0 Å². The maximum Gasteiger partial charge on any atom is 0.337 e. The maximum absolute atomic E-state index is 12.5. The molecule has 9 nitrogen and oxygen atoms in total. The summed E-state index contributed by atoms with van der Waals surface area (Å²) in [6, 6.07) is 11.0. The summed E-state index contributed by atoms with van der Waals surface area (Å²) in [6.45, 7) is 0.999. The van der Waals surface area contributed by atoms with E-state index in [2.05, 4.69) is 19.8 Å². The molecule has 0 spiro atoms. The van der Waals surface area contributed by atoms with E-state index in [0.29, 0.717) is 11.5 Å². The summed E-state index contributed by atoms with van der Waals surface area (Å²) in [5.41, 5.74) is 3.93. The van der Waals surface area contributed by atoms with Crippen LogP contribution in [-0.2, 0) is 27.2 Å². The molecule has 0 saturated carbocycles. The van der Waals surface area contributed by atoms with Crippen LogP contribution in [0.2, 0.25) is 0 Å². The number of carbonyl (C=O) groups excluding carboxylic acids is 2. The molecule has 9 heteroatoms. The molecule has 4 rings (SSSR count). The van der Waals surface area contributed by atoms with Crippen LogP contribution in [0.4, 0.5) is 0 Å². The number of esters is 2. The van der Waals surface area contributed by atoms with E-state index in [1.54, 1.807) is 12.1 Å². The molecule has 4 aromatic rings. The summed E-state index contributed by atoms with van der Waals surface area (Å²) in [5, 5.41) is 1.75. The molecule has 0 saturated heterocycles. The first-order valence-electron chi connectivity index (χ1n) is 12.3. The number of hydrogen-bond donors (Lipinski definition) is 2. The summed E-state index contributed by atoms with van der Waals surface area (Å²) in [5.74, 6) is -0.237. The van der Waals surface area contributed by atoms with Gasteiger partial charge in [0.25, 0.3) is 0 Å². The quantitative estimate of drug-likeness (QED) is 0.224. The van der Waals surface area contributed by atoms with Crippen molar-refractivity contribution in [2.45, 2.75) is 12.8 Å². The SMILES string of the molecule is CN(C)CCc1c[nH]c2cccc(OC(=O)COCC(=O)Oc3cccc4[nH]cc(CCN(C)C)c34)c12. The zero-order chi connectivity index (χ0) is 26.4. The first kappa shape index (κ1) is 26.4. The number of carbonyl (C=O) groups is 2. The van der Waals surface area contributed by atoms with Crippen molar-refractivity contribution >= 4 is 33.7 Å². The van der Waals surface area contributed by atoms with E-state index < -0.39 is 11.9 Å². The average molecular weight is 507 g/mol. The topological polar surface area (TPSA) is 99.9 Å². The number of ether oxygens (including phenoxy) is 3. The number of likely N-dealkylation sites (N-methyl/N-ethyl adjacent to an activating group) is 2. The lowest BCUT2D eigenvalue weighted by molar-refractivity contribution is -0.145. The molecule has 0 aliphatic carbocycles. The zero-order valence-corrected chi connectivity index (χ0v) is 21.8. The van der Waals surface area contributed by atoms with Crippen molar-refractivity contribution in [2.75, 3.05) is 54.5 Å². The Morgan fingerprint density at radius 3 is 1.54 bits per heavy atom. The molecule has 0 aliphatic rings. The fraction of sp³-hybridized carbons (Fsp3) is 0.357. The van der Waals surface area contributed by atoms with Crippen molar-refractivity contribution in [1.29, 1.82) is 0 Å². The predicted molar refractivity (Wildman–Crippen MR) is 143 cm³/mol. The number of aromatic nitrogens is 2. The first-order chi connectivity index (χ1) is 17.8. The van der Waals surface area contributed by atoms with Gasteiger partial charge in [-0.25, -0.2) is 9.59 Å². The van der Waals surface area contributed by atoms with Crippen LogP contribution in [0.1, 0.15) is 11.1 Å². The molecule has 0 amide bonds. The smallest absolute Gasteiger partial charge is 0.337 e. The molecule has 0 unspecified atom stereocenters. The van der Waals surface area contributed by atoms with E-state index in [1.807, 2.05) is 64.8 Å². The Kier molecular flexibility index (Phi) is 8.60. The van der Waals surface area contributed by atoms with Crippen molar-refractivity contribution in [3.05, 3.63) is 59.9 Å². The fourth-order valence-electron chi connectivity index (χ4n) is 4.21. The fourth-order valence-corrected chi connectivity index (χ4v) is 4.21. The number of nitrogens with one attached hydrogen (secondary N) is 2. The van der Waals surface area contributed by atoms with E-state index in [-0.39, 0.29) is 13.2 Å². The van der Waals surface area contributed by atoms with Gasteiger partial charge in [-0.1, -0.05) is 12.1 Å². The van der Waals surface area contributed by atoms with Crippen molar-refractivity contribution in [3.63, 3.8) is 0 Å².